The van der Waals surface area contributed by atoms with E-state index in [1.54, 1.807) is 55.6 Å². The second kappa shape index (κ2) is 9.05. The fraction of sp³-hybridized carbons (Fsp3) is 0.222. The highest BCUT2D eigenvalue weighted by molar-refractivity contribution is 6.34. The number of carbonyl (C=O) groups is 2. The van der Waals surface area contributed by atoms with Gasteiger partial charge in [0.05, 0.1) is 23.6 Å². The summed E-state index contributed by atoms with van der Waals surface area (Å²) in [5.41, 5.74) is 1.92. The van der Waals surface area contributed by atoms with Gasteiger partial charge in [0.2, 0.25) is 5.91 Å². The van der Waals surface area contributed by atoms with Crippen LogP contribution in [0.2, 0.25) is 5.02 Å². The zero-order chi connectivity index (χ0) is 17.4. The Morgan fingerprint density at radius 1 is 1.08 bits per heavy atom. The second-order valence-corrected chi connectivity index (χ2v) is 5.56. The van der Waals surface area contributed by atoms with E-state index in [-0.39, 0.29) is 18.2 Å². The quantitative estimate of drug-likeness (QED) is 0.757. The predicted octanol–water partition coefficient (Wildman–Crippen LogP) is 2.90. The number of rotatable bonds is 7. The summed E-state index contributed by atoms with van der Waals surface area (Å²) >= 11 is 6.01. The Balaban J connectivity index is 1.91. The van der Waals surface area contributed by atoms with E-state index in [0.29, 0.717) is 29.4 Å². The minimum Gasteiger partial charge on any atom is -0.383 e. The SMILES string of the molecule is COCCNC(=O)Cc1ccc(NC(=O)c2ccccc2Cl)cc1. The third-order valence-electron chi connectivity index (χ3n) is 3.32. The number of amides is 2. The first-order valence-corrected chi connectivity index (χ1v) is 7.88. The topological polar surface area (TPSA) is 67.4 Å². The van der Waals surface area contributed by atoms with E-state index in [4.69, 9.17) is 16.3 Å². The number of anilines is 1. The van der Waals surface area contributed by atoms with Crippen molar-refractivity contribution in [3.63, 3.8) is 0 Å². The normalized spacial score (nSPS) is 10.2. The minimum absolute atomic E-state index is 0.0695. The highest BCUT2D eigenvalue weighted by Crippen LogP contribution is 2.17. The van der Waals surface area contributed by atoms with Crippen LogP contribution in [-0.2, 0) is 16.0 Å². The summed E-state index contributed by atoms with van der Waals surface area (Å²) in [5.74, 6) is -0.342. The molecular weight excluding hydrogens is 328 g/mol. The van der Waals surface area contributed by atoms with Gasteiger partial charge in [0.1, 0.15) is 0 Å². The van der Waals surface area contributed by atoms with Gasteiger partial charge in [0.15, 0.2) is 0 Å². The number of halogens is 1. The average molecular weight is 347 g/mol. The largest absolute Gasteiger partial charge is 0.383 e. The lowest BCUT2D eigenvalue weighted by molar-refractivity contribution is -0.120. The summed E-state index contributed by atoms with van der Waals surface area (Å²) in [7, 11) is 1.59. The maximum Gasteiger partial charge on any atom is 0.257 e. The smallest absolute Gasteiger partial charge is 0.257 e. The standard InChI is InChI=1S/C18H19ClN2O3/c1-24-11-10-20-17(22)12-13-6-8-14(9-7-13)21-18(23)15-4-2-3-5-16(15)19/h2-9H,10-12H2,1H3,(H,20,22)(H,21,23). The maximum atomic E-state index is 12.2. The molecule has 0 aromatic heterocycles. The molecule has 0 radical (unpaired) electrons. The van der Waals surface area contributed by atoms with Crippen LogP contribution < -0.4 is 10.6 Å². The van der Waals surface area contributed by atoms with Gasteiger partial charge in [-0.25, -0.2) is 0 Å². The Kier molecular flexibility index (Phi) is 6.78. The van der Waals surface area contributed by atoms with Gasteiger partial charge in [-0.1, -0.05) is 35.9 Å². The summed E-state index contributed by atoms with van der Waals surface area (Å²) in [5, 5.41) is 5.94. The Hall–Kier alpha value is -2.37. The molecule has 6 heteroatoms. The molecule has 0 saturated carbocycles. The molecule has 0 aliphatic carbocycles. The molecule has 0 fully saturated rings. The van der Waals surface area contributed by atoms with Gasteiger partial charge in [0, 0.05) is 19.3 Å². The van der Waals surface area contributed by atoms with Crippen molar-refractivity contribution in [2.24, 2.45) is 0 Å². The lowest BCUT2D eigenvalue weighted by Gasteiger charge is -2.08. The molecular formula is C18H19ClN2O3. The van der Waals surface area contributed by atoms with Crippen molar-refractivity contribution in [2.45, 2.75) is 6.42 Å². The molecule has 0 bridgehead atoms. The first-order valence-electron chi connectivity index (χ1n) is 7.50. The molecule has 0 unspecified atom stereocenters. The lowest BCUT2D eigenvalue weighted by atomic mass is 10.1. The van der Waals surface area contributed by atoms with Gasteiger partial charge in [-0.05, 0) is 29.8 Å². The van der Waals surface area contributed by atoms with Gasteiger partial charge in [0.25, 0.3) is 5.91 Å². The number of ether oxygens (including phenoxy) is 1. The van der Waals surface area contributed by atoms with Crippen LogP contribution in [0.15, 0.2) is 48.5 Å². The molecule has 0 aliphatic heterocycles. The van der Waals surface area contributed by atoms with E-state index < -0.39 is 0 Å². The van der Waals surface area contributed by atoms with Gasteiger partial charge in [-0.3, -0.25) is 9.59 Å². The van der Waals surface area contributed by atoms with E-state index >= 15 is 0 Å². The van der Waals surface area contributed by atoms with Crippen LogP contribution >= 0.6 is 11.6 Å². The molecule has 2 N–H and O–H groups in total. The molecule has 2 amide bonds. The highest BCUT2D eigenvalue weighted by Gasteiger charge is 2.10. The fourth-order valence-electron chi connectivity index (χ4n) is 2.09. The summed E-state index contributed by atoms with van der Waals surface area (Å²) in [4.78, 5) is 23.9. The molecule has 2 aromatic carbocycles. The molecule has 0 heterocycles. The van der Waals surface area contributed by atoms with Crippen LogP contribution in [0.3, 0.4) is 0 Å². The Bertz CT molecular complexity index is 702. The van der Waals surface area contributed by atoms with Crippen molar-refractivity contribution in [3.05, 3.63) is 64.7 Å². The molecule has 126 valence electrons. The summed E-state index contributed by atoms with van der Waals surface area (Å²) in [6.07, 6.45) is 0.280. The van der Waals surface area contributed by atoms with Crippen molar-refractivity contribution in [3.8, 4) is 0 Å². The minimum atomic E-state index is -0.273. The van der Waals surface area contributed by atoms with Crippen molar-refractivity contribution in [1.82, 2.24) is 5.32 Å². The van der Waals surface area contributed by atoms with Crippen LogP contribution in [0.25, 0.3) is 0 Å². The number of carbonyl (C=O) groups excluding carboxylic acids is 2. The Labute approximate surface area is 146 Å². The van der Waals surface area contributed by atoms with Crippen LogP contribution in [-0.4, -0.2) is 32.1 Å². The van der Waals surface area contributed by atoms with Crippen molar-refractivity contribution >= 4 is 29.1 Å². The van der Waals surface area contributed by atoms with Gasteiger partial charge < -0.3 is 15.4 Å². The van der Waals surface area contributed by atoms with Gasteiger partial charge >= 0.3 is 0 Å². The number of methoxy groups -OCH3 is 1. The molecule has 0 atom stereocenters. The summed E-state index contributed by atoms with van der Waals surface area (Å²) < 4.78 is 4.88. The van der Waals surface area contributed by atoms with E-state index in [9.17, 15) is 9.59 Å². The molecule has 0 saturated heterocycles. The van der Waals surface area contributed by atoms with Crippen molar-refractivity contribution in [2.75, 3.05) is 25.6 Å². The molecule has 2 rings (SSSR count). The lowest BCUT2D eigenvalue weighted by Crippen LogP contribution is -2.28. The van der Waals surface area contributed by atoms with Crippen LogP contribution in [0.4, 0.5) is 5.69 Å². The number of hydrogen-bond donors (Lipinski definition) is 2. The molecule has 0 spiro atoms. The highest BCUT2D eigenvalue weighted by atomic mass is 35.5. The zero-order valence-corrected chi connectivity index (χ0v) is 14.1. The zero-order valence-electron chi connectivity index (χ0n) is 13.3. The number of hydrogen-bond acceptors (Lipinski definition) is 3. The molecule has 5 nitrogen and oxygen atoms in total. The maximum absolute atomic E-state index is 12.2. The fourth-order valence-corrected chi connectivity index (χ4v) is 2.31. The van der Waals surface area contributed by atoms with Crippen LogP contribution in [0.5, 0.6) is 0 Å². The van der Waals surface area contributed by atoms with Crippen molar-refractivity contribution < 1.29 is 14.3 Å². The Morgan fingerprint density at radius 2 is 1.79 bits per heavy atom. The van der Waals surface area contributed by atoms with Crippen LogP contribution in [0, 0.1) is 0 Å². The molecule has 0 aliphatic rings. The van der Waals surface area contributed by atoms with Gasteiger partial charge in [-0.15, -0.1) is 0 Å². The molecule has 2 aromatic rings. The third-order valence-corrected chi connectivity index (χ3v) is 3.65. The summed E-state index contributed by atoms with van der Waals surface area (Å²) in [6.45, 7) is 0.972. The monoisotopic (exact) mass is 346 g/mol. The second-order valence-electron chi connectivity index (χ2n) is 5.15. The average Bonchev–Trinajstić information content (AvgIpc) is 2.57. The number of nitrogens with one attached hydrogen (secondary N) is 2. The summed E-state index contributed by atoms with van der Waals surface area (Å²) in [6, 6.07) is 14.0. The van der Waals surface area contributed by atoms with E-state index in [0.717, 1.165) is 5.56 Å². The van der Waals surface area contributed by atoms with E-state index in [1.165, 1.54) is 0 Å². The third kappa shape index (κ3) is 5.37. The van der Waals surface area contributed by atoms with E-state index in [2.05, 4.69) is 10.6 Å². The Morgan fingerprint density at radius 3 is 2.46 bits per heavy atom. The van der Waals surface area contributed by atoms with Gasteiger partial charge in [-0.2, -0.15) is 0 Å². The predicted molar refractivity (Wildman–Crippen MR) is 94.4 cm³/mol. The molecule has 24 heavy (non-hydrogen) atoms. The van der Waals surface area contributed by atoms with E-state index in [1.807, 2.05) is 0 Å². The first-order chi connectivity index (χ1) is 11.6. The van der Waals surface area contributed by atoms with Crippen LogP contribution in [0.1, 0.15) is 15.9 Å². The first kappa shape index (κ1) is 18.0. The number of benzene rings is 2. The van der Waals surface area contributed by atoms with Crippen molar-refractivity contribution in [1.29, 1.82) is 0 Å².